The van der Waals surface area contributed by atoms with E-state index >= 15 is 0 Å². The smallest absolute Gasteiger partial charge is 0.408 e. The van der Waals surface area contributed by atoms with Crippen molar-refractivity contribution in [3.8, 4) is 6.07 Å². The molecule has 0 aliphatic carbocycles. The van der Waals surface area contributed by atoms with Crippen LogP contribution in [0.25, 0.3) is 10.9 Å². The van der Waals surface area contributed by atoms with Gasteiger partial charge in [0.05, 0.1) is 17.1 Å². The number of nitrogens with one attached hydrogen (secondary N) is 1. The number of nitrogens with zero attached hydrogens (tertiary/aromatic N) is 2. The maximum Gasteiger partial charge on any atom is 0.408 e. The second-order valence-electron chi connectivity index (χ2n) is 6.56. The lowest BCUT2D eigenvalue weighted by atomic mass is 10.1. The predicted octanol–water partition coefficient (Wildman–Crippen LogP) is 2.63. The van der Waals surface area contributed by atoms with Crippen LogP contribution in [0, 0.1) is 11.3 Å². The second-order valence-corrected chi connectivity index (χ2v) is 6.56. The molecule has 1 aromatic carbocycles. The summed E-state index contributed by atoms with van der Waals surface area (Å²) in [6.45, 7) is 5.09. The first-order valence-electron chi connectivity index (χ1n) is 7.70. The average Bonchev–Trinajstić information content (AvgIpc) is 2.51. The number of carbonyl (C=O) groups excluding carboxylic acids is 1. The minimum Gasteiger partial charge on any atom is -0.480 e. The quantitative estimate of drug-likeness (QED) is 0.884. The molecular weight excluding hydrogens is 322 g/mol. The zero-order chi connectivity index (χ0) is 18.6. The molecule has 0 aliphatic heterocycles. The number of aliphatic carboxylic acids is 1. The van der Waals surface area contributed by atoms with Crippen LogP contribution in [-0.4, -0.2) is 33.8 Å². The molecule has 130 valence electrons. The number of benzene rings is 1. The number of aromatic nitrogens is 1. The van der Waals surface area contributed by atoms with Gasteiger partial charge < -0.3 is 15.2 Å². The first kappa shape index (κ1) is 18.2. The number of carbonyl (C=O) groups is 2. The Morgan fingerprint density at radius 3 is 2.64 bits per heavy atom. The van der Waals surface area contributed by atoms with E-state index in [9.17, 15) is 14.7 Å². The van der Waals surface area contributed by atoms with Gasteiger partial charge in [0, 0.05) is 17.5 Å². The topological polar surface area (TPSA) is 112 Å². The molecule has 0 saturated heterocycles. The first-order valence-corrected chi connectivity index (χ1v) is 7.70. The van der Waals surface area contributed by atoms with Crippen LogP contribution >= 0.6 is 0 Å². The van der Waals surface area contributed by atoms with E-state index in [0.717, 1.165) is 5.39 Å². The molecule has 25 heavy (non-hydrogen) atoms. The molecule has 0 fully saturated rings. The summed E-state index contributed by atoms with van der Waals surface area (Å²) >= 11 is 0. The summed E-state index contributed by atoms with van der Waals surface area (Å²) in [4.78, 5) is 27.6. The Labute approximate surface area is 145 Å². The summed E-state index contributed by atoms with van der Waals surface area (Å²) in [5, 5.41) is 21.4. The highest BCUT2D eigenvalue weighted by Gasteiger charge is 2.24. The van der Waals surface area contributed by atoms with Crippen molar-refractivity contribution in [1.82, 2.24) is 10.3 Å². The van der Waals surface area contributed by atoms with Gasteiger partial charge in [-0.15, -0.1) is 0 Å². The van der Waals surface area contributed by atoms with Crippen molar-refractivity contribution in [2.24, 2.45) is 0 Å². The number of pyridine rings is 1. The molecule has 0 radical (unpaired) electrons. The van der Waals surface area contributed by atoms with Gasteiger partial charge in [-0.1, -0.05) is 6.07 Å². The fraction of sp³-hybridized carbons (Fsp3) is 0.333. The van der Waals surface area contributed by atoms with E-state index in [-0.39, 0.29) is 6.42 Å². The Morgan fingerprint density at radius 1 is 1.32 bits per heavy atom. The van der Waals surface area contributed by atoms with Gasteiger partial charge in [0.2, 0.25) is 0 Å². The normalized spacial score (nSPS) is 12.2. The lowest BCUT2D eigenvalue weighted by Gasteiger charge is -2.22. The molecule has 2 N–H and O–H groups in total. The summed E-state index contributed by atoms with van der Waals surface area (Å²) in [6.07, 6.45) is -0.774. The number of alkyl carbamates (subject to hydrolysis) is 1. The molecule has 1 atom stereocenters. The number of amides is 1. The Morgan fingerprint density at radius 2 is 2.04 bits per heavy atom. The Kier molecular flexibility index (Phi) is 5.22. The number of fused-ring (bicyclic) bond motifs is 1. The van der Waals surface area contributed by atoms with Gasteiger partial charge in [-0.3, -0.25) is 4.98 Å². The van der Waals surface area contributed by atoms with Crippen LogP contribution in [-0.2, 0) is 16.0 Å². The fourth-order valence-electron chi connectivity index (χ4n) is 2.21. The van der Waals surface area contributed by atoms with Gasteiger partial charge in [0.15, 0.2) is 0 Å². The number of ether oxygens (including phenoxy) is 1. The number of carboxylic acids is 1. The average molecular weight is 341 g/mol. The second kappa shape index (κ2) is 7.18. The lowest BCUT2D eigenvalue weighted by molar-refractivity contribution is -0.139. The van der Waals surface area contributed by atoms with Gasteiger partial charge in [-0.2, -0.15) is 5.26 Å². The lowest BCUT2D eigenvalue weighted by Crippen LogP contribution is -2.44. The van der Waals surface area contributed by atoms with Crippen molar-refractivity contribution in [3.63, 3.8) is 0 Å². The van der Waals surface area contributed by atoms with Gasteiger partial charge >= 0.3 is 12.1 Å². The molecule has 7 heteroatoms. The van der Waals surface area contributed by atoms with E-state index in [0.29, 0.717) is 16.8 Å². The predicted molar refractivity (Wildman–Crippen MR) is 91.0 cm³/mol. The van der Waals surface area contributed by atoms with Crippen LogP contribution in [0.2, 0.25) is 0 Å². The summed E-state index contributed by atoms with van der Waals surface area (Å²) in [5.41, 5.74) is 0.975. The molecule has 0 bridgehead atoms. The maximum atomic E-state index is 11.8. The van der Waals surface area contributed by atoms with E-state index in [1.807, 2.05) is 0 Å². The Bertz CT molecular complexity index is 850. The van der Waals surface area contributed by atoms with Gasteiger partial charge in [0.25, 0.3) is 0 Å². The highest BCUT2D eigenvalue weighted by atomic mass is 16.6. The molecule has 1 heterocycles. The third-order valence-electron chi connectivity index (χ3n) is 3.28. The minimum atomic E-state index is -1.17. The summed E-state index contributed by atoms with van der Waals surface area (Å²) in [7, 11) is 0. The first-order chi connectivity index (χ1) is 11.7. The molecule has 1 aromatic heterocycles. The SMILES string of the molecule is CC(C)(C)OC(=O)NC(Cc1ccc2cc(C#N)ccc2n1)C(=O)O. The van der Waals surface area contributed by atoms with Crippen molar-refractivity contribution >= 4 is 23.0 Å². The number of nitriles is 1. The van der Waals surface area contributed by atoms with E-state index in [4.69, 9.17) is 10.00 Å². The molecule has 7 nitrogen and oxygen atoms in total. The molecule has 1 amide bonds. The monoisotopic (exact) mass is 341 g/mol. The standard InChI is InChI=1S/C18H19N3O4/c1-18(2,3)25-17(24)21-15(16(22)23)9-13-6-5-12-8-11(10-19)4-7-14(12)20-13/h4-8,15H,9H2,1-3H3,(H,21,24)(H,22,23). The van der Waals surface area contributed by atoms with E-state index in [2.05, 4.69) is 16.4 Å². The molecule has 1 unspecified atom stereocenters. The number of carboxylic acid groups (broad SMARTS) is 1. The van der Waals surface area contributed by atoms with Crippen LogP contribution in [0.4, 0.5) is 4.79 Å². The van der Waals surface area contributed by atoms with E-state index < -0.39 is 23.7 Å². The molecular formula is C18H19N3O4. The molecule has 2 rings (SSSR count). The van der Waals surface area contributed by atoms with Crippen molar-refractivity contribution < 1.29 is 19.4 Å². The van der Waals surface area contributed by atoms with Crippen LogP contribution in [0.1, 0.15) is 32.0 Å². The largest absolute Gasteiger partial charge is 0.480 e. The molecule has 0 spiro atoms. The van der Waals surface area contributed by atoms with Crippen LogP contribution in [0.3, 0.4) is 0 Å². The Hall–Kier alpha value is -3.14. The minimum absolute atomic E-state index is 0.0184. The van der Waals surface area contributed by atoms with Crippen molar-refractivity contribution in [2.75, 3.05) is 0 Å². The molecule has 2 aromatic rings. The highest BCUT2D eigenvalue weighted by Crippen LogP contribution is 2.15. The molecule has 0 aliphatic rings. The highest BCUT2D eigenvalue weighted by molar-refractivity contribution is 5.82. The van der Waals surface area contributed by atoms with Crippen molar-refractivity contribution in [1.29, 1.82) is 5.26 Å². The third-order valence-corrected chi connectivity index (χ3v) is 3.28. The van der Waals surface area contributed by atoms with Crippen LogP contribution in [0.15, 0.2) is 30.3 Å². The van der Waals surface area contributed by atoms with E-state index in [1.54, 1.807) is 51.1 Å². The van der Waals surface area contributed by atoms with Crippen molar-refractivity contribution in [3.05, 3.63) is 41.6 Å². The summed E-state index contributed by atoms with van der Waals surface area (Å²) < 4.78 is 5.09. The summed E-state index contributed by atoms with van der Waals surface area (Å²) in [6, 6.07) is 9.40. The maximum absolute atomic E-state index is 11.8. The Balaban J connectivity index is 2.16. The zero-order valence-corrected chi connectivity index (χ0v) is 14.2. The number of rotatable bonds is 4. The van der Waals surface area contributed by atoms with Gasteiger partial charge in [-0.25, -0.2) is 9.59 Å². The van der Waals surface area contributed by atoms with Crippen LogP contribution in [0.5, 0.6) is 0 Å². The van der Waals surface area contributed by atoms with Crippen LogP contribution < -0.4 is 5.32 Å². The zero-order valence-electron chi connectivity index (χ0n) is 14.2. The van der Waals surface area contributed by atoms with Gasteiger partial charge in [0.1, 0.15) is 11.6 Å². The third kappa shape index (κ3) is 5.18. The number of hydrogen-bond donors (Lipinski definition) is 2. The van der Waals surface area contributed by atoms with Gasteiger partial charge in [-0.05, 0) is 45.0 Å². The molecule has 0 saturated carbocycles. The fourth-order valence-corrected chi connectivity index (χ4v) is 2.21. The van der Waals surface area contributed by atoms with E-state index in [1.165, 1.54) is 0 Å². The summed E-state index contributed by atoms with van der Waals surface area (Å²) in [5.74, 6) is -1.17. The van der Waals surface area contributed by atoms with Crippen molar-refractivity contribution in [2.45, 2.75) is 38.8 Å². The number of hydrogen-bond acceptors (Lipinski definition) is 5.